The van der Waals surface area contributed by atoms with Crippen molar-refractivity contribution < 1.29 is 9.47 Å². The molecular formula is C12H15BrO2. The van der Waals surface area contributed by atoms with E-state index in [0.717, 1.165) is 30.5 Å². The first kappa shape index (κ1) is 11.1. The quantitative estimate of drug-likeness (QED) is 0.769. The third-order valence-electron chi connectivity index (χ3n) is 2.69. The SMILES string of the molecule is CC1(c2ccccc2CBr)OCCCO1. The summed E-state index contributed by atoms with van der Waals surface area (Å²) < 4.78 is 11.5. The molecule has 0 saturated carbocycles. The van der Waals surface area contributed by atoms with Gasteiger partial charge in [0.1, 0.15) is 0 Å². The van der Waals surface area contributed by atoms with Crippen LogP contribution in [0.3, 0.4) is 0 Å². The molecule has 82 valence electrons. The minimum atomic E-state index is -0.567. The van der Waals surface area contributed by atoms with E-state index in [-0.39, 0.29) is 0 Å². The van der Waals surface area contributed by atoms with Crippen LogP contribution in [0, 0.1) is 0 Å². The molecule has 2 rings (SSSR count). The van der Waals surface area contributed by atoms with Gasteiger partial charge in [-0.1, -0.05) is 40.2 Å². The highest BCUT2D eigenvalue weighted by Gasteiger charge is 2.32. The van der Waals surface area contributed by atoms with Crippen LogP contribution in [0.15, 0.2) is 24.3 Å². The molecule has 1 aliphatic heterocycles. The van der Waals surface area contributed by atoms with Gasteiger partial charge in [-0.15, -0.1) is 0 Å². The predicted octanol–water partition coefficient (Wildman–Crippen LogP) is 3.19. The molecule has 0 aliphatic carbocycles. The fourth-order valence-corrected chi connectivity index (χ4v) is 2.36. The highest BCUT2D eigenvalue weighted by atomic mass is 79.9. The molecule has 0 atom stereocenters. The van der Waals surface area contributed by atoms with Crippen molar-refractivity contribution in [3.05, 3.63) is 35.4 Å². The third-order valence-corrected chi connectivity index (χ3v) is 3.30. The Labute approximate surface area is 98.7 Å². The van der Waals surface area contributed by atoms with Gasteiger partial charge in [0, 0.05) is 10.9 Å². The Hall–Kier alpha value is -0.380. The van der Waals surface area contributed by atoms with E-state index in [1.165, 1.54) is 5.56 Å². The number of halogens is 1. The summed E-state index contributed by atoms with van der Waals surface area (Å²) in [6.45, 7) is 3.54. The van der Waals surface area contributed by atoms with E-state index in [4.69, 9.17) is 9.47 Å². The van der Waals surface area contributed by atoms with Crippen LogP contribution in [0.1, 0.15) is 24.5 Å². The number of hydrogen-bond donors (Lipinski definition) is 0. The number of benzene rings is 1. The molecule has 1 aromatic rings. The molecule has 0 unspecified atom stereocenters. The lowest BCUT2D eigenvalue weighted by molar-refractivity contribution is -0.265. The van der Waals surface area contributed by atoms with Gasteiger partial charge in [-0.2, -0.15) is 0 Å². The zero-order valence-electron chi connectivity index (χ0n) is 8.83. The number of rotatable bonds is 2. The topological polar surface area (TPSA) is 18.5 Å². The lowest BCUT2D eigenvalue weighted by Crippen LogP contribution is -2.35. The molecular weight excluding hydrogens is 256 g/mol. The molecule has 1 fully saturated rings. The van der Waals surface area contributed by atoms with Crippen molar-refractivity contribution in [2.75, 3.05) is 13.2 Å². The van der Waals surface area contributed by atoms with E-state index < -0.39 is 5.79 Å². The van der Waals surface area contributed by atoms with E-state index in [1.807, 2.05) is 19.1 Å². The molecule has 1 heterocycles. The molecule has 1 aromatic carbocycles. The molecule has 15 heavy (non-hydrogen) atoms. The molecule has 0 radical (unpaired) electrons. The fraction of sp³-hybridized carbons (Fsp3) is 0.500. The molecule has 0 spiro atoms. The van der Waals surface area contributed by atoms with Crippen molar-refractivity contribution in [2.45, 2.75) is 24.5 Å². The van der Waals surface area contributed by atoms with Crippen LogP contribution in [-0.4, -0.2) is 13.2 Å². The summed E-state index contributed by atoms with van der Waals surface area (Å²) in [7, 11) is 0. The van der Waals surface area contributed by atoms with Gasteiger partial charge in [0.05, 0.1) is 13.2 Å². The maximum Gasteiger partial charge on any atom is 0.192 e. The molecule has 1 aliphatic rings. The van der Waals surface area contributed by atoms with Gasteiger partial charge in [-0.25, -0.2) is 0 Å². The van der Waals surface area contributed by atoms with Crippen LogP contribution >= 0.6 is 15.9 Å². The highest BCUT2D eigenvalue weighted by molar-refractivity contribution is 9.08. The average molecular weight is 271 g/mol. The Morgan fingerprint density at radius 3 is 2.60 bits per heavy atom. The van der Waals surface area contributed by atoms with Gasteiger partial charge in [-0.3, -0.25) is 0 Å². The van der Waals surface area contributed by atoms with Crippen LogP contribution < -0.4 is 0 Å². The average Bonchev–Trinajstić information content (AvgIpc) is 2.30. The predicted molar refractivity (Wildman–Crippen MR) is 62.9 cm³/mol. The molecule has 0 amide bonds. The van der Waals surface area contributed by atoms with Crippen molar-refractivity contribution in [1.29, 1.82) is 0 Å². The minimum absolute atomic E-state index is 0.567. The highest BCUT2D eigenvalue weighted by Crippen LogP contribution is 2.33. The van der Waals surface area contributed by atoms with E-state index in [0.29, 0.717) is 0 Å². The van der Waals surface area contributed by atoms with Crippen molar-refractivity contribution in [1.82, 2.24) is 0 Å². The Balaban J connectivity index is 2.34. The summed E-state index contributed by atoms with van der Waals surface area (Å²) in [5.41, 5.74) is 2.35. The number of hydrogen-bond acceptors (Lipinski definition) is 2. The second-order valence-corrected chi connectivity index (χ2v) is 4.35. The second kappa shape index (κ2) is 4.64. The summed E-state index contributed by atoms with van der Waals surface area (Å²) in [5, 5.41) is 0.825. The van der Waals surface area contributed by atoms with Crippen LogP contribution in [0.25, 0.3) is 0 Å². The monoisotopic (exact) mass is 270 g/mol. The van der Waals surface area contributed by atoms with E-state index in [2.05, 4.69) is 28.1 Å². The summed E-state index contributed by atoms with van der Waals surface area (Å²) in [5.74, 6) is -0.567. The van der Waals surface area contributed by atoms with Gasteiger partial charge in [-0.05, 0) is 18.9 Å². The van der Waals surface area contributed by atoms with Crippen molar-refractivity contribution in [3.63, 3.8) is 0 Å². The molecule has 2 nitrogen and oxygen atoms in total. The first-order chi connectivity index (χ1) is 7.26. The zero-order valence-corrected chi connectivity index (χ0v) is 10.4. The lowest BCUT2D eigenvalue weighted by Gasteiger charge is -2.35. The van der Waals surface area contributed by atoms with Crippen molar-refractivity contribution in [3.8, 4) is 0 Å². The van der Waals surface area contributed by atoms with E-state index >= 15 is 0 Å². The first-order valence-electron chi connectivity index (χ1n) is 5.18. The van der Waals surface area contributed by atoms with E-state index in [1.54, 1.807) is 0 Å². The summed E-state index contributed by atoms with van der Waals surface area (Å²) in [6, 6.07) is 8.22. The van der Waals surface area contributed by atoms with Gasteiger partial charge < -0.3 is 9.47 Å². The molecule has 1 saturated heterocycles. The Morgan fingerprint density at radius 1 is 1.27 bits per heavy atom. The molecule has 3 heteroatoms. The van der Waals surface area contributed by atoms with Crippen LogP contribution in [0.5, 0.6) is 0 Å². The largest absolute Gasteiger partial charge is 0.346 e. The second-order valence-electron chi connectivity index (χ2n) is 3.79. The lowest BCUT2D eigenvalue weighted by atomic mass is 10.0. The Bertz CT molecular complexity index is 332. The van der Waals surface area contributed by atoms with Gasteiger partial charge in [0.25, 0.3) is 0 Å². The fourth-order valence-electron chi connectivity index (χ4n) is 1.87. The normalized spacial score (nSPS) is 20.1. The summed E-state index contributed by atoms with van der Waals surface area (Å²) >= 11 is 3.49. The van der Waals surface area contributed by atoms with Crippen LogP contribution in [-0.2, 0) is 20.6 Å². The summed E-state index contributed by atoms with van der Waals surface area (Å²) in [4.78, 5) is 0. The summed E-state index contributed by atoms with van der Waals surface area (Å²) in [6.07, 6.45) is 0.978. The van der Waals surface area contributed by atoms with Crippen molar-refractivity contribution in [2.24, 2.45) is 0 Å². The van der Waals surface area contributed by atoms with Gasteiger partial charge >= 0.3 is 0 Å². The molecule has 0 N–H and O–H groups in total. The Kier molecular flexibility index (Phi) is 3.44. The van der Waals surface area contributed by atoms with E-state index in [9.17, 15) is 0 Å². The third kappa shape index (κ3) is 2.25. The Morgan fingerprint density at radius 2 is 1.93 bits per heavy atom. The molecule has 0 bridgehead atoms. The molecule has 0 aromatic heterocycles. The number of ether oxygens (including phenoxy) is 2. The van der Waals surface area contributed by atoms with Crippen LogP contribution in [0.2, 0.25) is 0 Å². The zero-order chi connectivity index (χ0) is 10.7. The maximum absolute atomic E-state index is 5.75. The van der Waals surface area contributed by atoms with Crippen LogP contribution in [0.4, 0.5) is 0 Å². The van der Waals surface area contributed by atoms with Crippen molar-refractivity contribution >= 4 is 15.9 Å². The smallest absolute Gasteiger partial charge is 0.192 e. The van der Waals surface area contributed by atoms with Gasteiger partial charge in [0.15, 0.2) is 5.79 Å². The minimum Gasteiger partial charge on any atom is -0.346 e. The maximum atomic E-state index is 5.75. The number of alkyl halides is 1. The first-order valence-corrected chi connectivity index (χ1v) is 6.31. The van der Waals surface area contributed by atoms with Gasteiger partial charge in [0.2, 0.25) is 0 Å². The standard InChI is InChI=1S/C12H15BrO2/c1-12(14-7-4-8-15-12)11-6-3-2-5-10(11)9-13/h2-3,5-6H,4,7-9H2,1H3.